The maximum Gasteiger partial charge on any atom is 0.311 e. The number of anilines is 4. The van der Waals surface area contributed by atoms with Gasteiger partial charge in [0.2, 0.25) is 5.82 Å². The van der Waals surface area contributed by atoms with E-state index in [-0.39, 0.29) is 38.2 Å². The minimum atomic E-state index is -0.989. The Hall–Kier alpha value is -5.99. The molecule has 352 valence electrons. The van der Waals surface area contributed by atoms with E-state index in [1.165, 1.54) is 81.4 Å². The molecule has 2 aliphatic carbocycles. The molecule has 4 heterocycles. The number of nitrogens with zero attached hydrogens (tertiary/aromatic N) is 8. The van der Waals surface area contributed by atoms with Crippen molar-refractivity contribution in [3.63, 3.8) is 0 Å². The second-order valence-corrected chi connectivity index (χ2v) is 18.6. The summed E-state index contributed by atoms with van der Waals surface area (Å²) in [7, 11) is 4.32. The second kappa shape index (κ2) is 19.7. The predicted octanol–water partition coefficient (Wildman–Crippen LogP) is 10.1. The van der Waals surface area contributed by atoms with E-state index in [9.17, 15) is 33.4 Å². The second-order valence-electron chi connectivity index (χ2n) is 17.8. The number of ether oxygens (including phenoxy) is 1. The fourth-order valence-electron chi connectivity index (χ4n) is 9.06. The minimum Gasteiger partial charge on any atom is -0.486 e. The topological polar surface area (TPSA) is 198 Å². The van der Waals surface area contributed by atoms with E-state index in [4.69, 9.17) is 33.0 Å². The number of fused-ring (bicyclic) bond motifs is 2. The van der Waals surface area contributed by atoms with Gasteiger partial charge in [0, 0.05) is 42.2 Å². The minimum absolute atomic E-state index is 0.0394. The molecule has 2 spiro atoms. The molecule has 0 radical (unpaired) electrons. The fourth-order valence-corrected chi connectivity index (χ4v) is 9.42. The molecule has 16 nitrogen and oxygen atoms in total. The van der Waals surface area contributed by atoms with Gasteiger partial charge in [0.25, 0.3) is 0 Å². The van der Waals surface area contributed by atoms with Crippen molar-refractivity contribution in [2.75, 3.05) is 64.1 Å². The van der Waals surface area contributed by atoms with Gasteiger partial charge in [0.1, 0.15) is 35.9 Å². The van der Waals surface area contributed by atoms with E-state index < -0.39 is 33.0 Å². The number of nitro groups is 2. The van der Waals surface area contributed by atoms with Crippen LogP contribution >= 0.6 is 23.2 Å². The number of hydrogen-bond acceptors (Lipinski definition) is 14. The lowest BCUT2D eigenvalue weighted by atomic mass is 9.91. The molecular formula is C46H47Cl2F3N10O6. The van der Waals surface area contributed by atoms with Gasteiger partial charge >= 0.3 is 11.4 Å². The summed E-state index contributed by atoms with van der Waals surface area (Å²) in [5.41, 5.74) is 1.70. The first kappa shape index (κ1) is 47.5. The predicted molar refractivity (Wildman–Crippen MR) is 249 cm³/mol. The number of piperidine rings is 2. The SMILES string of the molecule is CN1CCC2(CC1)CC2CO.CN1CCC2(CC1)CC2COc1cc2ncnc(Nc3ccc(F)c(Cl)c3)c2cc1[N+](=O)[O-].O=[N+]([O-])c1cc2c(Nc3ccc(F)c(Cl)c3)ncnc2cc1F. The van der Waals surface area contributed by atoms with Crippen LogP contribution in [0.4, 0.5) is 47.6 Å². The van der Waals surface area contributed by atoms with Crippen molar-refractivity contribution in [2.45, 2.75) is 38.5 Å². The first-order valence-electron chi connectivity index (χ1n) is 21.6. The average molecular weight is 964 g/mol. The van der Waals surface area contributed by atoms with Crippen molar-refractivity contribution in [1.82, 2.24) is 29.7 Å². The number of aromatic nitrogens is 4. The summed E-state index contributed by atoms with van der Waals surface area (Å²) < 4.78 is 46.3. The summed E-state index contributed by atoms with van der Waals surface area (Å²) in [6, 6.07) is 13.1. The standard InChI is InChI=1S/C23H23ClFN5O3.C14H7ClF2N4O2.C9H17NO/c1-29-6-4-23(5-7-29)11-14(23)12-33-21-10-19-16(9-20(21)30(31)32)22(27-13-26-19)28-15-2-3-18(25)17(24)8-15;15-9-3-7(1-2-10(9)16)20-14-8-4-13(21(22)23)11(17)5-12(8)18-6-19-14;1-10-4-2-9(3-5-10)6-8(9)7-11/h2-3,8-10,13-14H,4-7,11-12H2,1H3,(H,26,27,28);1-6H,(H,18,19,20);8,11H,2-7H2,1H3. The molecular weight excluding hydrogens is 916 g/mol. The summed E-state index contributed by atoms with van der Waals surface area (Å²) in [6.45, 7) is 5.51. The van der Waals surface area contributed by atoms with Crippen molar-refractivity contribution in [3.05, 3.63) is 121 Å². The van der Waals surface area contributed by atoms with Gasteiger partial charge in [-0.05, 0) is 138 Å². The highest BCUT2D eigenvalue weighted by Gasteiger charge is 2.55. The van der Waals surface area contributed by atoms with E-state index in [0.29, 0.717) is 64.0 Å². The monoisotopic (exact) mass is 962 g/mol. The lowest BCUT2D eigenvalue weighted by molar-refractivity contribution is -0.387. The molecule has 21 heteroatoms. The van der Waals surface area contributed by atoms with Crippen LogP contribution in [0.1, 0.15) is 38.5 Å². The van der Waals surface area contributed by atoms with Gasteiger partial charge in [-0.25, -0.2) is 28.7 Å². The van der Waals surface area contributed by atoms with Crippen LogP contribution in [-0.2, 0) is 0 Å². The normalized spacial score (nSPS) is 19.2. The van der Waals surface area contributed by atoms with Crippen LogP contribution in [0.5, 0.6) is 5.75 Å². The van der Waals surface area contributed by atoms with Crippen LogP contribution in [-0.4, -0.2) is 98.2 Å². The van der Waals surface area contributed by atoms with Gasteiger partial charge in [-0.3, -0.25) is 20.2 Å². The zero-order valence-electron chi connectivity index (χ0n) is 36.5. The number of nitrogens with one attached hydrogen (secondary N) is 2. The van der Waals surface area contributed by atoms with Crippen molar-refractivity contribution in [1.29, 1.82) is 0 Å². The molecule has 4 aliphatic rings. The van der Waals surface area contributed by atoms with Gasteiger partial charge in [0.05, 0.1) is 48.3 Å². The van der Waals surface area contributed by atoms with E-state index in [2.05, 4.69) is 54.5 Å². The Kier molecular flexibility index (Phi) is 14.0. The lowest BCUT2D eigenvalue weighted by Crippen LogP contribution is -2.32. The number of rotatable bonds is 10. The Morgan fingerprint density at radius 1 is 0.687 bits per heavy atom. The molecule has 2 aliphatic heterocycles. The number of nitro benzene ring substituents is 2. The molecule has 10 rings (SSSR count). The van der Waals surface area contributed by atoms with Crippen LogP contribution < -0.4 is 15.4 Å². The Balaban J connectivity index is 0.000000154. The van der Waals surface area contributed by atoms with Crippen molar-refractivity contribution < 1.29 is 32.9 Å². The first-order chi connectivity index (χ1) is 32.1. The van der Waals surface area contributed by atoms with Crippen LogP contribution in [0, 0.1) is 60.3 Å². The quantitative estimate of drug-likeness (QED) is 0.0866. The van der Waals surface area contributed by atoms with Gasteiger partial charge in [-0.15, -0.1) is 0 Å². The molecule has 4 fully saturated rings. The Labute approximate surface area is 392 Å². The third kappa shape index (κ3) is 10.8. The molecule has 2 aromatic heterocycles. The van der Waals surface area contributed by atoms with Gasteiger partial charge < -0.3 is 30.3 Å². The van der Waals surface area contributed by atoms with E-state index in [0.717, 1.165) is 50.6 Å². The smallest absolute Gasteiger partial charge is 0.311 e. The maximum absolute atomic E-state index is 13.6. The highest BCUT2D eigenvalue weighted by Crippen LogP contribution is 2.60. The van der Waals surface area contributed by atoms with E-state index >= 15 is 0 Å². The summed E-state index contributed by atoms with van der Waals surface area (Å²) >= 11 is 11.6. The number of halogens is 5. The summed E-state index contributed by atoms with van der Waals surface area (Å²) in [5, 5.41) is 38.1. The molecule has 2 unspecified atom stereocenters. The Morgan fingerprint density at radius 3 is 1.61 bits per heavy atom. The van der Waals surface area contributed by atoms with Crippen molar-refractivity contribution in [3.8, 4) is 5.75 Å². The number of benzene rings is 4. The van der Waals surface area contributed by atoms with Crippen LogP contribution in [0.3, 0.4) is 0 Å². The van der Waals surface area contributed by atoms with Gasteiger partial charge in [-0.1, -0.05) is 23.2 Å². The average Bonchev–Trinajstić information content (AvgIpc) is 4.21. The summed E-state index contributed by atoms with van der Waals surface area (Å²) in [5.74, 6) is -0.268. The van der Waals surface area contributed by atoms with Gasteiger partial charge in [0.15, 0.2) is 5.75 Å². The fraction of sp³-hybridized carbons (Fsp3) is 0.391. The molecule has 2 atom stereocenters. The number of aliphatic hydroxyl groups is 1. The largest absolute Gasteiger partial charge is 0.486 e. The number of likely N-dealkylation sites (tertiary alicyclic amines) is 2. The Bertz CT molecular complexity index is 2830. The zero-order chi connectivity index (χ0) is 47.6. The molecule has 6 aromatic rings. The molecule has 4 aromatic carbocycles. The van der Waals surface area contributed by atoms with Crippen molar-refractivity contribution in [2.24, 2.45) is 22.7 Å². The van der Waals surface area contributed by atoms with Crippen molar-refractivity contribution >= 4 is 79.4 Å². The zero-order valence-corrected chi connectivity index (χ0v) is 38.0. The molecule has 0 bridgehead atoms. The third-order valence-electron chi connectivity index (χ3n) is 13.5. The molecule has 0 amide bonds. The molecule has 3 N–H and O–H groups in total. The first-order valence-corrected chi connectivity index (χ1v) is 22.4. The molecule has 2 saturated heterocycles. The highest BCUT2D eigenvalue weighted by atomic mass is 35.5. The number of hydrogen-bond donors (Lipinski definition) is 3. The molecule has 67 heavy (non-hydrogen) atoms. The summed E-state index contributed by atoms with van der Waals surface area (Å²) in [4.78, 5) is 42.4. The third-order valence-corrected chi connectivity index (χ3v) is 14.1. The van der Waals surface area contributed by atoms with Gasteiger partial charge in [-0.2, -0.15) is 4.39 Å². The van der Waals surface area contributed by atoms with E-state index in [1.54, 1.807) is 6.07 Å². The number of aliphatic hydroxyl groups excluding tert-OH is 1. The van der Waals surface area contributed by atoms with Crippen LogP contribution in [0.25, 0.3) is 21.8 Å². The Morgan fingerprint density at radius 2 is 1.15 bits per heavy atom. The maximum atomic E-state index is 13.6. The lowest BCUT2D eigenvalue weighted by Gasteiger charge is -2.30. The summed E-state index contributed by atoms with van der Waals surface area (Å²) in [6.07, 6.45) is 9.86. The molecule has 2 saturated carbocycles. The highest BCUT2D eigenvalue weighted by molar-refractivity contribution is 6.31. The van der Waals surface area contributed by atoms with Crippen LogP contribution in [0.2, 0.25) is 10.0 Å². The van der Waals surface area contributed by atoms with E-state index in [1.807, 2.05) is 0 Å². The van der Waals surface area contributed by atoms with Crippen LogP contribution in [0.15, 0.2) is 73.3 Å².